The van der Waals surface area contributed by atoms with Crippen molar-refractivity contribution in [1.29, 1.82) is 0 Å². The Balaban J connectivity index is 2.09. The lowest BCUT2D eigenvalue weighted by Crippen LogP contribution is -2.53. The van der Waals surface area contributed by atoms with Crippen molar-refractivity contribution >= 4 is 23.0 Å². The number of nitrogens with zero attached hydrogens (tertiary/aromatic N) is 1. The Bertz CT molecular complexity index is 607. The quantitative estimate of drug-likeness (QED) is 0.850. The van der Waals surface area contributed by atoms with Crippen LogP contribution in [0.1, 0.15) is 54.2 Å². The molecule has 1 amide bonds. The van der Waals surface area contributed by atoms with E-state index < -0.39 is 17.7 Å². The molecular formula is C15H19NO4S. The first-order valence-corrected chi connectivity index (χ1v) is 7.94. The Morgan fingerprint density at radius 1 is 1.52 bits per heavy atom. The highest BCUT2D eigenvalue weighted by atomic mass is 32.1. The normalized spacial score (nSPS) is 27.4. The molecule has 114 valence electrons. The number of hydrogen-bond acceptors (Lipinski definition) is 5. The first kappa shape index (κ1) is 14.5. The summed E-state index contributed by atoms with van der Waals surface area (Å²) in [6.07, 6.45) is 0.513. The van der Waals surface area contributed by atoms with Gasteiger partial charge in [-0.15, -0.1) is 11.3 Å². The molecule has 0 saturated carbocycles. The van der Waals surface area contributed by atoms with Crippen molar-refractivity contribution in [3.63, 3.8) is 0 Å². The average Bonchev–Trinajstić information content (AvgIpc) is 2.97. The molecule has 3 heterocycles. The van der Waals surface area contributed by atoms with Crippen molar-refractivity contribution in [3.8, 4) is 5.75 Å². The third-order valence-corrected chi connectivity index (χ3v) is 5.46. The van der Waals surface area contributed by atoms with Crippen molar-refractivity contribution in [1.82, 2.24) is 4.90 Å². The van der Waals surface area contributed by atoms with Gasteiger partial charge in [0.2, 0.25) is 5.91 Å². The maximum Gasteiger partial charge on any atom is 0.223 e. The van der Waals surface area contributed by atoms with E-state index >= 15 is 0 Å². The summed E-state index contributed by atoms with van der Waals surface area (Å²) in [6, 6.07) is 1.31. The molecule has 1 N–H and O–H groups in total. The molecule has 0 spiro atoms. The molecule has 1 saturated heterocycles. The predicted molar refractivity (Wildman–Crippen MR) is 78.7 cm³/mol. The van der Waals surface area contributed by atoms with Gasteiger partial charge in [-0.2, -0.15) is 0 Å². The van der Waals surface area contributed by atoms with Gasteiger partial charge in [-0.3, -0.25) is 9.59 Å². The van der Waals surface area contributed by atoms with E-state index in [9.17, 15) is 14.7 Å². The second-order valence-corrected chi connectivity index (χ2v) is 7.26. The summed E-state index contributed by atoms with van der Waals surface area (Å²) in [6.45, 7) is 5.76. The van der Waals surface area contributed by atoms with Gasteiger partial charge in [0.1, 0.15) is 17.5 Å². The minimum atomic E-state index is -0.814. The van der Waals surface area contributed by atoms with Crippen molar-refractivity contribution in [2.45, 2.75) is 51.4 Å². The highest BCUT2D eigenvalue weighted by molar-refractivity contribution is 7.14. The first-order valence-electron chi connectivity index (χ1n) is 7.12. The molecule has 1 aromatic heterocycles. The molecule has 0 aromatic carbocycles. The maximum atomic E-state index is 12.1. The summed E-state index contributed by atoms with van der Waals surface area (Å²) in [5.41, 5.74) is -0.796. The molecule has 5 nitrogen and oxygen atoms in total. The molecule has 0 radical (unpaired) electrons. The number of carbonyl (C=O) groups excluding carboxylic acids is 2. The molecule has 1 fully saturated rings. The summed E-state index contributed by atoms with van der Waals surface area (Å²) in [5.74, 6) is 0.641. The van der Waals surface area contributed by atoms with Gasteiger partial charge in [0.25, 0.3) is 0 Å². The van der Waals surface area contributed by atoms with Crippen LogP contribution in [0.3, 0.4) is 0 Å². The van der Waals surface area contributed by atoms with E-state index in [2.05, 4.69) is 0 Å². The minimum Gasteiger partial charge on any atom is -0.484 e. The topological polar surface area (TPSA) is 66.8 Å². The molecule has 21 heavy (non-hydrogen) atoms. The zero-order chi connectivity index (χ0) is 15.4. The number of amides is 1. The SMILES string of the molecule is CC(=O)c1cc2c(s1)C(N1CCCC1=O)C(O)C(C)(C)O2. The molecule has 2 aliphatic heterocycles. The number of ether oxygens (including phenoxy) is 1. The first-order chi connectivity index (χ1) is 9.81. The van der Waals surface area contributed by atoms with Gasteiger partial charge in [-0.1, -0.05) is 0 Å². The molecule has 1 aromatic rings. The van der Waals surface area contributed by atoms with Gasteiger partial charge >= 0.3 is 0 Å². The molecule has 2 atom stereocenters. The van der Waals surface area contributed by atoms with Crippen LogP contribution in [0.2, 0.25) is 0 Å². The standard InChI is InChI=1S/C15H19NO4S/c1-8(17)10-7-9-13(21-10)12(14(19)15(2,3)20-9)16-6-4-5-11(16)18/h7,12,14,19H,4-6H2,1-3H3. The lowest BCUT2D eigenvalue weighted by molar-refractivity contribution is -0.139. The van der Waals surface area contributed by atoms with E-state index in [0.717, 1.165) is 11.3 Å². The Kier molecular flexibility index (Phi) is 3.33. The van der Waals surface area contributed by atoms with Crippen LogP contribution in [-0.4, -0.2) is 39.9 Å². The Hall–Kier alpha value is -1.40. The summed E-state index contributed by atoms with van der Waals surface area (Å²) in [4.78, 5) is 26.8. The van der Waals surface area contributed by atoms with Gasteiger partial charge in [0.15, 0.2) is 5.78 Å². The van der Waals surface area contributed by atoms with Crippen LogP contribution in [0.4, 0.5) is 0 Å². The predicted octanol–water partition coefficient (Wildman–Crippen LogP) is 2.15. The van der Waals surface area contributed by atoms with Gasteiger partial charge in [0, 0.05) is 19.0 Å². The fourth-order valence-electron chi connectivity index (χ4n) is 2.99. The van der Waals surface area contributed by atoms with Crippen LogP contribution >= 0.6 is 11.3 Å². The molecule has 0 bridgehead atoms. The van der Waals surface area contributed by atoms with Crippen molar-refractivity contribution in [2.75, 3.05) is 6.54 Å². The van der Waals surface area contributed by atoms with E-state index in [1.807, 2.05) is 0 Å². The number of aliphatic hydroxyl groups is 1. The lowest BCUT2D eigenvalue weighted by Gasteiger charge is -2.43. The van der Waals surface area contributed by atoms with E-state index in [1.54, 1.807) is 24.8 Å². The third-order valence-electron chi connectivity index (χ3n) is 4.17. The maximum absolute atomic E-state index is 12.1. The minimum absolute atomic E-state index is 0.0307. The van der Waals surface area contributed by atoms with E-state index in [4.69, 9.17) is 4.74 Å². The number of thiophene rings is 1. The highest BCUT2D eigenvalue weighted by Gasteiger charge is 2.48. The number of aliphatic hydroxyl groups excluding tert-OH is 1. The van der Waals surface area contributed by atoms with Crippen LogP contribution in [0.25, 0.3) is 0 Å². The van der Waals surface area contributed by atoms with Crippen LogP contribution in [-0.2, 0) is 4.79 Å². The fourth-order valence-corrected chi connectivity index (χ4v) is 4.11. The fraction of sp³-hybridized carbons (Fsp3) is 0.600. The molecule has 6 heteroatoms. The summed E-state index contributed by atoms with van der Waals surface area (Å²) in [7, 11) is 0. The molecule has 3 rings (SSSR count). The zero-order valence-electron chi connectivity index (χ0n) is 12.4. The van der Waals surface area contributed by atoms with Gasteiger partial charge in [0.05, 0.1) is 15.8 Å². The van der Waals surface area contributed by atoms with Crippen molar-refractivity contribution in [3.05, 3.63) is 15.8 Å². The number of likely N-dealkylation sites (tertiary alicyclic amines) is 1. The molecule has 2 unspecified atom stereocenters. The van der Waals surface area contributed by atoms with Crippen LogP contribution in [0, 0.1) is 0 Å². The number of fused-ring (bicyclic) bond motifs is 1. The highest BCUT2D eigenvalue weighted by Crippen LogP contribution is 2.48. The summed E-state index contributed by atoms with van der Waals surface area (Å²) < 4.78 is 5.86. The summed E-state index contributed by atoms with van der Waals surface area (Å²) >= 11 is 1.32. The van der Waals surface area contributed by atoms with E-state index in [1.165, 1.54) is 18.3 Å². The molecular weight excluding hydrogens is 290 g/mol. The smallest absolute Gasteiger partial charge is 0.223 e. The molecule has 2 aliphatic rings. The second-order valence-electron chi connectivity index (χ2n) is 6.18. The number of rotatable bonds is 2. The lowest BCUT2D eigenvalue weighted by atomic mass is 9.90. The van der Waals surface area contributed by atoms with Crippen LogP contribution < -0.4 is 4.74 Å². The average molecular weight is 309 g/mol. The number of hydrogen-bond donors (Lipinski definition) is 1. The monoisotopic (exact) mass is 309 g/mol. The number of Topliss-reactive ketones (excluding diaryl/α,β-unsaturated/α-hetero) is 1. The Labute approximate surface area is 127 Å². The van der Waals surface area contributed by atoms with Gasteiger partial charge < -0.3 is 14.7 Å². The van der Waals surface area contributed by atoms with E-state index in [0.29, 0.717) is 23.6 Å². The van der Waals surface area contributed by atoms with Crippen LogP contribution in [0.15, 0.2) is 6.07 Å². The van der Waals surface area contributed by atoms with Crippen molar-refractivity contribution in [2.24, 2.45) is 0 Å². The second kappa shape index (κ2) is 4.81. The largest absolute Gasteiger partial charge is 0.484 e. The third kappa shape index (κ3) is 2.26. The molecule has 0 aliphatic carbocycles. The Morgan fingerprint density at radius 3 is 2.81 bits per heavy atom. The van der Waals surface area contributed by atoms with Gasteiger partial charge in [-0.05, 0) is 27.2 Å². The Morgan fingerprint density at radius 2 is 2.24 bits per heavy atom. The van der Waals surface area contributed by atoms with Crippen molar-refractivity contribution < 1.29 is 19.4 Å². The number of carbonyl (C=O) groups is 2. The van der Waals surface area contributed by atoms with E-state index in [-0.39, 0.29) is 11.7 Å². The van der Waals surface area contributed by atoms with Crippen LogP contribution in [0.5, 0.6) is 5.75 Å². The number of ketones is 1. The zero-order valence-corrected chi connectivity index (χ0v) is 13.2. The van der Waals surface area contributed by atoms with Gasteiger partial charge in [-0.25, -0.2) is 0 Å². The summed E-state index contributed by atoms with van der Waals surface area (Å²) in [5, 5.41) is 10.7.